The van der Waals surface area contributed by atoms with Gasteiger partial charge in [-0.25, -0.2) is 0 Å². The topological polar surface area (TPSA) is 55.5 Å². The molecule has 0 spiro atoms. The van der Waals surface area contributed by atoms with Crippen molar-refractivity contribution >= 4 is 12.4 Å². The molecule has 0 aliphatic rings. The average molecular weight is 358 g/mol. The Bertz CT molecular complexity index is 484. The molecule has 1 aromatic rings. The molecular formula is C11H11ClF7NO2. The first-order chi connectivity index (χ1) is 9.45. The van der Waals surface area contributed by atoms with Crippen LogP contribution in [0.5, 0.6) is 5.75 Å². The van der Waals surface area contributed by atoms with Crippen molar-refractivity contribution in [3.63, 3.8) is 0 Å². The lowest BCUT2D eigenvalue weighted by Crippen LogP contribution is -2.39. The van der Waals surface area contributed by atoms with E-state index in [1.165, 1.54) is 0 Å². The fourth-order valence-corrected chi connectivity index (χ4v) is 1.37. The van der Waals surface area contributed by atoms with E-state index in [1.807, 2.05) is 0 Å². The van der Waals surface area contributed by atoms with Crippen LogP contribution >= 0.6 is 12.4 Å². The molecule has 0 aliphatic heterocycles. The maximum Gasteiger partial charge on any atom is 0.461 e. The van der Waals surface area contributed by atoms with Gasteiger partial charge in [0.25, 0.3) is 0 Å². The van der Waals surface area contributed by atoms with E-state index in [1.54, 1.807) is 0 Å². The van der Waals surface area contributed by atoms with Crippen molar-refractivity contribution in [3.05, 3.63) is 29.8 Å². The second-order valence-corrected chi connectivity index (χ2v) is 4.05. The minimum atomic E-state index is -5.02. The van der Waals surface area contributed by atoms with E-state index in [9.17, 15) is 30.7 Å². The third-order valence-corrected chi connectivity index (χ3v) is 2.43. The molecule has 0 radical (unpaired) electrons. The van der Waals surface area contributed by atoms with Gasteiger partial charge in [0.15, 0.2) is 6.10 Å². The number of nitrogens with two attached hydrogens (primary N) is 1. The maximum absolute atomic E-state index is 12.7. The quantitative estimate of drug-likeness (QED) is 0.795. The Morgan fingerprint density at radius 3 is 2.09 bits per heavy atom. The molecule has 22 heavy (non-hydrogen) atoms. The molecule has 11 heteroatoms. The SMILES string of the molecule is Cl.N[C@@H](c1cccc(OC(F)(F)C(F)F)c1)[C@H](O)C(F)(F)F. The van der Waals surface area contributed by atoms with Gasteiger partial charge in [0.1, 0.15) is 5.75 Å². The highest BCUT2D eigenvalue weighted by molar-refractivity contribution is 5.85. The predicted octanol–water partition coefficient (Wildman–Crippen LogP) is 3.27. The number of alkyl halides is 7. The zero-order valence-electron chi connectivity index (χ0n) is 10.5. The second kappa shape index (κ2) is 7.34. The third-order valence-electron chi connectivity index (χ3n) is 2.43. The average Bonchev–Trinajstić information content (AvgIpc) is 2.35. The summed E-state index contributed by atoms with van der Waals surface area (Å²) in [5.41, 5.74) is 4.76. The number of aliphatic hydroxyl groups is 1. The Hall–Kier alpha value is -1.26. The molecule has 0 bridgehead atoms. The number of hydrogen-bond acceptors (Lipinski definition) is 3. The van der Waals surface area contributed by atoms with Gasteiger partial charge in [-0.2, -0.15) is 30.7 Å². The van der Waals surface area contributed by atoms with Crippen molar-refractivity contribution in [3.8, 4) is 5.75 Å². The van der Waals surface area contributed by atoms with Gasteiger partial charge in [0.05, 0.1) is 6.04 Å². The molecule has 0 fully saturated rings. The minimum absolute atomic E-state index is 0. The number of benzene rings is 1. The molecule has 0 saturated carbocycles. The molecule has 0 heterocycles. The fourth-order valence-electron chi connectivity index (χ4n) is 1.37. The summed E-state index contributed by atoms with van der Waals surface area (Å²) in [5.74, 6) is -0.803. The predicted molar refractivity (Wildman–Crippen MR) is 64.3 cm³/mol. The maximum atomic E-state index is 12.7. The first-order valence-electron chi connectivity index (χ1n) is 5.40. The lowest BCUT2D eigenvalue weighted by atomic mass is 10.0. The van der Waals surface area contributed by atoms with Crippen molar-refractivity contribution < 1.29 is 40.6 Å². The molecule has 2 atom stereocenters. The van der Waals surface area contributed by atoms with E-state index >= 15 is 0 Å². The number of rotatable bonds is 5. The molecule has 128 valence electrons. The van der Waals surface area contributed by atoms with E-state index < -0.39 is 42.2 Å². The van der Waals surface area contributed by atoms with Crippen LogP contribution in [-0.4, -0.2) is 29.9 Å². The number of halogens is 8. The van der Waals surface area contributed by atoms with Crippen LogP contribution in [0.15, 0.2) is 24.3 Å². The van der Waals surface area contributed by atoms with Crippen LogP contribution in [-0.2, 0) is 0 Å². The van der Waals surface area contributed by atoms with Crippen LogP contribution in [0, 0.1) is 0 Å². The summed E-state index contributed by atoms with van der Waals surface area (Å²) in [6.07, 6.45) is -16.9. The summed E-state index contributed by atoms with van der Waals surface area (Å²) in [6, 6.07) is 1.47. The Morgan fingerprint density at radius 1 is 1.09 bits per heavy atom. The largest absolute Gasteiger partial charge is 0.461 e. The standard InChI is InChI=1S/C11H10F7NO2.ClH/c12-9(13)11(17,18)21-6-3-1-2-5(4-6)7(19)8(20)10(14,15)16;/h1-4,7-9,20H,19H2;1H/t7-,8-;/m0./s1. The Kier molecular flexibility index (Phi) is 6.92. The molecule has 0 aromatic heterocycles. The van der Waals surface area contributed by atoms with E-state index in [-0.39, 0.29) is 12.4 Å². The summed E-state index contributed by atoms with van der Waals surface area (Å²) < 4.78 is 89.8. The fraction of sp³-hybridized carbons (Fsp3) is 0.455. The number of aliphatic hydroxyl groups excluding tert-OH is 1. The molecule has 1 aromatic carbocycles. The third kappa shape index (κ3) is 5.18. The van der Waals surface area contributed by atoms with E-state index in [4.69, 9.17) is 10.8 Å². The van der Waals surface area contributed by atoms with Crippen molar-refractivity contribution in [1.29, 1.82) is 0 Å². The highest BCUT2D eigenvalue weighted by atomic mass is 35.5. The van der Waals surface area contributed by atoms with Gasteiger partial charge >= 0.3 is 18.7 Å². The molecular weight excluding hydrogens is 347 g/mol. The van der Waals surface area contributed by atoms with Crippen molar-refractivity contribution in [1.82, 2.24) is 0 Å². The lowest BCUT2D eigenvalue weighted by Gasteiger charge is -2.22. The van der Waals surface area contributed by atoms with Crippen molar-refractivity contribution in [2.75, 3.05) is 0 Å². The zero-order chi connectivity index (χ0) is 16.4. The van der Waals surface area contributed by atoms with Crippen LogP contribution in [0.2, 0.25) is 0 Å². The summed E-state index contributed by atoms with van der Waals surface area (Å²) >= 11 is 0. The highest BCUT2D eigenvalue weighted by Crippen LogP contribution is 2.32. The van der Waals surface area contributed by atoms with Crippen molar-refractivity contribution in [2.24, 2.45) is 5.73 Å². The van der Waals surface area contributed by atoms with E-state index in [2.05, 4.69) is 4.74 Å². The normalized spacial score (nSPS) is 15.2. The second-order valence-electron chi connectivity index (χ2n) is 4.05. The van der Waals surface area contributed by atoms with E-state index in [0.29, 0.717) is 6.07 Å². The van der Waals surface area contributed by atoms with Crippen LogP contribution in [0.25, 0.3) is 0 Å². The molecule has 0 unspecified atom stereocenters. The smallest absolute Gasteiger partial charge is 0.428 e. The Morgan fingerprint density at radius 2 is 1.64 bits per heavy atom. The lowest BCUT2D eigenvalue weighted by molar-refractivity contribution is -0.253. The molecule has 3 nitrogen and oxygen atoms in total. The van der Waals surface area contributed by atoms with Crippen molar-refractivity contribution in [2.45, 2.75) is 30.9 Å². The van der Waals surface area contributed by atoms with Crippen LogP contribution in [0.3, 0.4) is 0 Å². The van der Waals surface area contributed by atoms with Gasteiger partial charge < -0.3 is 15.6 Å². The van der Waals surface area contributed by atoms with Crippen LogP contribution in [0.1, 0.15) is 11.6 Å². The van der Waals surface area contributed by atoms with Crippen LogP contribution < -0.4 is 10.5 Å². The van der Waals surface area contributed by atoms with Crippen LogP contribution in [0.4, 0.5) is 30.7 Å². The van der Waals surface area contributed by atoms with Gasteiger partial charge in [-0.05, 0) is 17.7 Å². The number of ether oxygens (including phenoxy) is 1. The minimum Gasteiger partial charge on any atom is -0.428 e. The van der Waals surface area contributed by atoms with Gasteiger partial charge in [0, 0.05) is 0 Å². The first-order valence-corrected chi connectivity index (χ1v) is 5.40. The van der Waals surface area contributed by atoms with Gasteiger partial charge in [-0.1, -0.05) is 12.1 Å². The number of hydrogen-bond donors (Lipinski definition) is 2. The van der Waals surface area contributed by atoms with Gasteiger partial charge in [-0.15, -0.1) is 12.4 Å². The highest BCUT2D eigenvalue weighted by Gasteiger charge is 2.45. The summed E-state index contributed by atoms with van der Waals surface area (Å²) in [4.78, 5) is 0. The van der Waals surface area contributed by atoms with E-state index in [0.717, 1.165) is 18.2 Å². The molecule has 1 rings (SSSR count). The Balaban J connectivity index is 0.00000441. The molecule has 0 aliphatic carbocycles. The monoisotopic (exact) mass is 357 g/mol. The summed E-state index contributed by atoms with van der Waals surface area (Å²) in [6.45, 7) is 0. The molecule has 0 saturated heterocycles. The van der Waals surface area contributed by atoms with Gasteiger partial charge in [-0.3, -0.25) is 0 Å². The Labute approximate surface area is 126 Å². The molecule has 3 N–H and O–H groups in total. The first kappa shape index (κ1) is 20.7. The zero-order valence-corrected chi connectivity index (χ0v) is 11.3. The summed E-state index contributed by atoms with van der Waals surface area (Å²) in [7, 11) is 0. The summed E-state index contributed by atoms with van der Waals surface area (Å²) in [5, 5.41) is 8.96. The van der Waals surface area contributed by atoms with Gasteiger partial charge in [0.2, 0.25) is 0 Å². The molecule has 0 amide bonds.